The molecule has 34 heavy (non-hydrogen) atoms. The van der Waals surface area contributed by atoms with E-state index in [1.54, 1.807) is 0 Å². The maximum atomic E-state index is 10.9. The molecule has 0 radical (unpaired) electrons. The lowest BCUT2D eigenvalue weighted by molar-refractivity contribution is -0.000626. The van der Waals surface area contributed by atoms with Crippen LogP contribution < -0.4 is 4.74 Å². The highest BCUT2D eigenvalue weighted by Gasteiger charge is 2.30. The van der Waals surface area contributed by atoms with E-state index in [4.69, 9.17) is 4.74 Å². The number of imidazole rings is 1. The van der Waals surface area contributed by atoms with Gasteiger partial charge in [-0.15, -0.1) is 0 Å². The van der Waals surface area contributed by atoms with Gasteiger partial charge in [-0.25, -0.2) is 4.98 Å². The van der Waals surface area contributed by atoms with Crippen LogP contribution in [0.5, 0.6) is 5.75 Å². The molecule has 3 aromatic carbocycles. The molecule has 1 aliphatic carbocycles. The third-order valence-corrected chi connectivity index (χ3v) is 6.65. The summed E-state index contributed by atoms with van der Waals surface area (Å²) in [6.07, 6.45) is 11.4. The van der Waals surface area contributed by atoms with E-state index in [-0.39, 0.29) is 6.10 Å². The van der Waals surface area contributed by atoms with Gasteiger partial charge < -0.3 is 9.84 Å². The first kappa shape index (κ1) is 22.4. The van der Waals surface area contributed by atoms with Crippen molar-refractivity contribution in [1.29, 1.82) is 0 Å². The predicted octanol–water partition coefficient (Wildman–Crippen LogP) is 7.13. The van der Waals surface area contributed by atoms with Crippen LogP contribution in [0, 0.1) is 0 Å². The number of ether oxygens (including phenoxy) is 1. The zero-order chi connectivity index (χ0) is 23.5. The highest BCUT2D eigenvalue weighted by molar-refractivity contribution is 5.82. The molecule has 4 heteroatoms. The van der Waals surface area contributed by atoms with Crippen molar-refractivity contribution in [3.05, 3.63) is 89.7 Å². The SMILES string of the molecule is CC(C)Oc1ccc(-n2cnc3cc(C=Cc4ccc(C5(O)CCCCC5)cc4)ccc32)cc1. The van der Waals surface area contributed by atoms with Gasteiger partial charge in [0.2, 0.25) is 0 Å². The van der Waals surface area contributed by atoms with Crippen molar-refractivity contribution in [1.82, 2.24) is 9.55 Å². The number of aliphatic hydroxyl groups is 1. The Balaban J connectivity index is 1.31. The fraction of sp³-hybridized carbons (Fsp3) is 0.300. The van der Waals surface area contributed by atoms with Crippen molar-refractivity contribution >= 4 is 23.2 Å². The predicted molar refractivity (Wildman–Crippen MR) is 139 cm³/mol. The van der Waals surface area contributed by atoms with Crippen molar-refractivity contribution < 1.29 is 9.84 Å². The molecule has 1 aliphatic rings. The van der Waals surface area contributed by atoms with Gasteiger partial charge in [0.1, 0.15) is 12.1 Å². The van der Waals surface area contributed by atoms with Crippen LogP contribution in [0.3, 0.4) is 0 Å². The first-order valence-corrected chi connectivity index (χ1v) is 12.3. The van der Waals surface area contributed by atoms with Crippen molar-refractivity contribution in [2.45, 2.75) is 57.7 Å². The van der Waals surface area contributed by atoms with Crippen LogP contribution in [0.4, 0.5) is 0 Å². The van der Waals surface area contributed by atoms with E-state index in [0.29, 0.717) is 0 Å². The molecule has 5 rings (SSSR count). The maximum Gasteiger partial charge on any atom is 0.119 e. The van der Waals surface area contributed by atoms with Gasteiger partial charge in [-0.3, -0.25) is 4.57 Å². The van der Waals surface area contributed by atoms with Gasteiger partial charge in [-0.2, -0.15) is 0 Å². The van der Waals surface area contributed by atoms with Crippen LogP contribution in [-0.4, -0.2) is 20.8 Å². The van der Waals surface area contributed by atoms with Gasteiger partial charge >= 0.3 is 0 Å². The Labute approximate surface area is 201 Å². The van der Waals surface area contributed by atoms with Crippen molar-refractivity contribution in [3.63, 3.8) is 0 Å². The molecule has 0 amide bonds. The molecule has 0 saturated heterocycles. The molecule has 1 aromatic heterocycles. The summed E-state index contributed by atoms with van der Waals surface area (Å²) in [7, 11) is 0. The molecule has 0 aliphatic heterocycles. The van der Waals surface area contributed by atoms with E-state index in [1.165, 1.54) is 6.42 Å². The second-order valence-electron chi connectivity index (χ2n) is 9.57. The zero-order valence-electron chi connectivity index (χ0n) is 19.9. The Morgan fingerprint density at radius 2 is 1.56 bits per heavy atom. The molecule has 0 bridgehead atoms. The topological polar surface area (TPSA) is 47.3 Å². The molecule has 4 nitrogen and oxygen atoms in total. The fourth-order valence-electron chi connectivity index (χ4n) is 4.82. The van der Waals surface area contributed by atoms with Crippen LogP contribution in [0.25, 0.3) is 28.9 Å². The normalized spacial score (nSPS) is 15.9. The van der Waals surface area contributed by atoms with E-state index in [0.717, 1.165) is 64.8 Å². The molecule has 0 spiro atoms. The summed E-state index contributed by atoms with van der Waals surface area (Å²) < 4.78 is 7.84. The Morgan fingerprint density at radius 3 is 2.26 bits per heavy atom. The lowest BCUT2D eigenvalue weighted by atomic mass is 9.79. The largest absolute Gasteiger partial charge is 0.491 e. The van der Waals surface area contributed by atoms with E-state index in [9.17, 15) is 5.11 Å². The summed E-state index contributed by atoms with van der Waals surface area (Å²) in [6.45, 7) is 4.06. The minimum atomic E-state index is -0.647. The maximum absolute atomic E-state index is 10.9. The highest BCUT2D eigenvalue weighted by Crippen LogP contribution is 2.37. The second-order valence-corrected chi connectivity index (χ2v) is 9.57. The minimum absolute atomic E-state index is 0.160. The molecule has 1 saturated carbocycles. The Hall–Kier alpha value is -3.37. The van der Waals surface area contributed by atoms with Gasteiger partial charge in [-0.1, -0.05) is 61.7 Å². The summed E-state index contributed by atoms with van der Waals surface area (Å²) in [6, 6.07) is 22.8. The van der Waals surface area contributed by atoms with Gasteiger partial charge in [-0.05, 0) is 79.8 Å². The number of rotatable bonds is 6. The molecule has 174 valence electrons. The second kappa shape index (κ2) is 9.47. The van der Waals surface area contributed by atoms with E-state index < -0.39 is 5.60 Å². The van der Waals surface area contributed by atoms with Gasteiger partial charge in [0.05, 0.1) is 22.7 Å². The molecule has 0 unspecified atom stereocenters. The van der Waals surface area contributed by atoms with E-state index >= 15 is 0 Å². The third-order valence-electron chi connectivity index (χ3n) is 6.65. The number of benzene rings is 3. The third kappa shape index (κ3) is 4.78. The first-order chi connectivity index (χ1) is 16.5. The number of hydrogen-bond acceptors (Lipinski definition) is 3. The molecular formula is C30H32N2O2. The lowest BCUT2D eigenvalue weighted by Crippen LogP contribution is -2.28. The summed E-state index contributed by atoms with van der Waals surface area (Å²) in [4.78, 5) is 4.62. The van der Waals surface area contributed by atoms with Crippen LogP contribution in [0.1, 0.15) is 62.6 Å². The summed E-state index contributed by atoms with van der Waals surface area (Å²) >= 11 is 0. The van der Waals surface area contributed by atoms with Crippen LogP contribution in [-0.2, 0) is 5.60 Å². The van der Waals surface area contributed by atoms with E-state index in [1.807, 2.05) is 32.3 Å². The van der Waals surface area contributed by atoms with Gasteiger partial charge in [0, 0.05) is 5.69 Å². The standard InChI is InChI=1S/C30H32N2O2/c1-22(2)34-27-15-13-26(14-16-27)32-21-31-28-20-24(10-17-29(28)32)7-6-23-8-11-25(12-9-23)30(33)18-4-3-5-19-30/h6-17,20-22,33H,3-5,18-19H2,1-2H3. The number of fused-ring (bicyclic) bond motifs is 1. The average molecular weight is 453 g/mol. The van der Waals surface area contributed by atoms with Crippen molar-refractivity contribution in [2.24, 2.45) is 0 Å². The average Bonchev–Trinajstić information content (AvgIpc) is 3.27. The summed E-state index contributed by atoms with van der Waals surface area (Å²) in [5, 5.41) is 10.9. The van der Waals surface area contributed by atoms with Crippen LogP contribution in [0.15, 0.2) is 73.1 Å². The zero-order valence-corrected chi connectivity index (χ0v) is 19.9. The molecule has 0 atom stereocenters. The quantitative estimate of drug-likeness (QED) is 0.316. The first-order valence-electron chi connectivity index (χ1n) is 12.3. The lowest BCUT2D eigenvalue weighted by Gasteiger charge is -2.32. The molecule has 1 fully saturated rings. The Kier molecular flexibility index (Phi) is 6.25. The summed E-state index contributed by atoms with van der Waals surface area (Å²) in [5.41, 5.74) is 5.71. The fourth-order valence-corrected chi connectivity index (χ4v) is 4.82. The number of aromatic nitrogens is 2. The van der Waals surface area contributed by atoms with E-state index in [2.05, 4.69) is 76.3 Å². The molecule has 4 aromatic rings. The Bertz CT molecular complexity index is 1280. The van der Waals surface area contributed by atoms with Crippen molar-refractivity contribution in [3.8, 4) is 11.4 Å². The smallest absolute Gasteiger partial charge is 0.119 e. The molecular weight excluding hydrogens is 420 g/mol. The van der Waals surface area contributed by atoms with Crippen molar-refractivity contribution in [2.75, 3.05) is 0 Å². The Morgan fingerprint density at radius 1 is 0.882 bits per heavy atom. The molecule has 1 N–H and O–H groups in total. The summed E-state index contributed by atoms with van der Waals surface area (Å²) in [5.74, 6) is 0.872. The minimum Gasteiger partial charge on any atom is -0.491 e. The molecule has 1 heterocycles. The van der Waals surface area contributed by atoms with Gasteiger partial charge in [0.15, 0.2) is 0 Å². The number of nitrogens with zero attached hydrogens (tertiary/aromatic N) is 2. The number of hydrogen-bond donors (Lipinski definition) is 1. The monoisotopic (exact) mass is 452 g/mol. The van der Waals surface area contributed by atoms with Gasteiger partial charge in [0.25, 0.3) is 0 Å². The van der Waals surface area contributed by atoms with Crippen LogP contribution in [0.2, 0.25) is 0 Å². The van der Waals surface area contributed by atoms with Crippen LogP contribution >= 0.6 is 0 Å². The highest BCUT2D eigenvalue weighted by atomic mass is 16.5.